The summed E-state index contributed by atoms with van der Waals surface area (Å²) in [6.45, 7) is 2.77. The van der Waals surface area contributed by atoms with Crippen molar-refractivity contribution in [3.8, 4) is 0 Å². The van der Waals surface area contributed by atoms with Gasteiger partial charge in [0, 0.05) is 18.2 Å². The molecule has 0 aliphatic heterocycles. The molecule has 116 valence electrons. The van der Waals surface area contributed by atoms with E-state index in [4.69, 9.17) is 16.0 Å². The zero-order valence-electron chi connectivity index (χ0n) is 12.5. The SMILES string of the molecule is C[C@@H]1C[C@H]1c1ccc(CN(C(=O)c2cc(Cl)c[nH]2)C2CC2)o1. The van der Waals surface area contributed by atoms with Crippen LogP contribution >= 0.6 is 11.6 Å². The van der Waals surface area contributed by atoms with E-state index in [9.17, 15) is 4.79 Å². The lowest BCUT2D eigenvalue weighted by Crippen LogP contribution is -2.32. The van der Waals surface area contributed by atoms with Crippen molar-refractivity contribution in [1.82, 2.24) is 9.88 Å². The highest BCUT2D eigenvalue weighted by Crippen LogP contribution is 2.47. The van der Waals surface area contributed by atoms with Gasteiger partial charge in [0.25, 0.3) is 5.91 Å². The number of carbonyl (C=O) groups excluding carboxylic acids is 1. The fourth-order valence-electron chi connectivity index (χ4n) is 2.96. The Labute approximate surface area is 134 Å². The minimum absolute atomic E-state index is 0.00728. The summed E-state index contributed by atoms with van der Waals surface area (Å²) in [5, 5.41) is 0.558. The molecule has 0 saturated heterocycles. The zero-order valence-corrected chi connectivity index (χ0v) is 13.3. The van der Waals surface area contributed by atoms with Gasteiger partial charge in [0.15, 0.2) is 0 Å². The van der Waals surface area contributed by atoms with Crippen molar-refractivity contribution in [3.05, 3.63) is 46.6 Å². The van der Waals surface area contributed by atoms with Gasteiger partial charge in [-0.3, -0.25) is 4.79 Å². The molecule has 0 unspecified atom stereocenters. The number of rotatable bonds is 5. The first-order valence-corrected chi connectivity index (χ1v) is 8.23. The van der Waals surface area contributed by atoms with Crippen LogP contribution < -0.4 is 0 Å². The molecule has 0 bridgehead atoms. The fraction of sp³-hybridized carbons (Fsp3) is 0.471. The Morgan fingerprint density at radius 1 is 1.45 bits per heavy atom. The van der Waals surface area contributed by atoms with Gasteiger partial charge in [-0.05, 0) is 43.4 Å². The van der Waals surface area contributed by atoms with Crippen LogP contribution in [0.5, 0.6) is 0 Å². The molecule has 2 aromatic rings. The van der Waals surface area contributed by atoms with E-state index in [-0.39, 0.29) is 5.91 Å². The summed E-state index contributed by atoms with van der Waals surface area (Å²) in [5.74, 6) is 3.22. The molecule has 4 nitrogen and oxygen atoms in total. The average Bonchev–Trinajstić information content (AvgIpc) is 3.37. The van der Waals surface area contributed by atoms with E-state index in [1.807, 2.05) is 11.0 Å². The zero-order chi connectivity index (χ0) is 15.3. The Balaban J connectivity index is 1.50. The molecule has 2 aliphatic rings. The third kappa shape index (κ3) is 2.68. The molecule has 1 N–H and O–H groups in total. The lowest BCUT2D eigenvalue weighted by atomic mass is 10.3. The summed E-state index contributed by atoms with van der Waals surface area (Å²) in [6, 6.07) is 6.07. The molecule has 0 aromatic carbocycles. The summed E-state index contributed by atoms with van der Waals surface area (Å²) in [6.07, 6.45) is 4.97. The predicted molar refractivity (Wildman–Crippen MR) is 83.9 cm³/mol. The Kier molecular flexibility index (Phi) is 3.30. The van der Waals surface area contributed by atoms with E-state index in [0.717, 1.165) is 30.3 Å². The van der Waals surface area contributed by atoms with Crippen molar-refractivity contribution in [3.63, 3.8) is 0 Å². The number of aromatic amines is 1. The van der Waals surface area contributed by atoms with Crippen LogP contribution in [0.3, 0.4) is 0 Å². The topological polar surface area (TPSA) is 49.2 Å². The average molecular weight is 319 g/mol. The highest BCUT2D eigenvalue weighted by Gasteiger charge is 2.37. The van der Waals surface area contributed by atoms with Crippen LogP contribution in [0, 0.1) is 5.92 Å². The van der Waals surface area contributed by atoms with Crippen LogP contribution in [-0.2, 0) is 6.54 Å². The number of hydrogen-bond donors (Lipinski definition) is 1. The van der Waals surface area contributed by atoms with E-state index in [1.54, 1.807) is 12.3 Å². The Bertz CT molecular complexity index is 701. The number of nitrogens with one attached hydrogen (secondary N) is 1. The predicted octanol–water partition coefficient (Wildman–Crippen LogP) is 4.19. The summed E-state index contributed by atoms with van der Waals surface area (Å²) >= 11 is 5.90. The molecule has 2 aliphatic carbocycles. The van der Waals surface area contributed by atoms with Crippen LogP contribution in [0.2, 0.25) is 5.02 Å². The van der Waals surface area contributed by atoms with Gasteiger partial charge in [0.05, 0.1) is 11.6 Å². The normalized spacial score (nSPS) is 23.5. The minimum Gasteiger partial charge on any atom is -0.464 e. The fourth-order valence-corrected chi connectivity index (χ4v) is 3.13. The second-order valence-corrected chi connectivity index (χ2v) is 6.96. The van der Waals surface area contributed by atoms with Gasteiger partial charge in [0.1, 0.15) is 17.2 Å². The maximum atomic E-state index is 12.6. The number of aromatic nitrogens is 1. The second-order valence-electron chi connectivity index (χ2n) is 6.52. The lowest BCUT2D eigenvalue weighted by molar-refractivity contribution is 0.0711. The van der Waals surface area contributed by atoms with Crippen LogP contribution in [0.15, 0.2) is 28.8 Å². The maximum absolute atomic E-state index is 12.6. The van der Waals surface area contributed by atoms with Crippen LogP contribution in [-0.4, -0.2) is 21.8 Å². The van der Waals surface area contributed by atoms with Crippen molar-refractivity contribution in [2.45, 2.75) is 44.7 Å². The molecular weight excluding hydrogens is 300 g/mol. The molecule has 4 rings (SSSR count). The first-order chi connectivity index (χ1) is 10.6. The molecule has 22 heavy (non-hydrogen) atoms. The van der Waals surface area contributed by atoms with Crippen molar-refractivity contribution < 1.29 is 9.21 Å². The summed E-state index contributed by atoms with van der Waals surface area (Å²) in [5.41, 5.74) is 0.541. The number of furan rings is 1. The standard InChI is InChI=1S/C17H19ClN2O2/c1-10-6-14(10)16-5-4-13(22-16)9-20(12-2-3-12)17(21)15-7-11(18)8-19-15/h4-5,7-8,10,12,14,19H,2-3,6,9H2,1H3/t10-,14-/m1/s1. The van der Waals surface area contributed by atoms with E-state index in [1.165, 1.54) is 6.42 Å². The summed E-state index contributed by atoms with van der Waals surface area (Å²) < 4.78 is 5.95. The highest BCUT2D eigenvalue weighted by molar-refractivity contribution is 6.30. The molecule has 5 heteroatoms. The van der Waals surface area contributed by atoms with E-state index in [0.29, 0.717) is 29.2 Å². The number of H-pyrrole nitrogens is 1. The highest BCUT2D eigenvalue weighted by atomic mass is 35.5. The lowest BCUT2D eigenvalue weighted by Gasteiger charge is -2.20. The monoisotopic (exact) mass is 318 g/mol. The van der Waals surface area contributed by atoms with Gasteiger partial charge in [-0.15, -0.1) is 0 Å². The van der Waals surface area contributed by atoms with Crippen molar-refractivity contribution in [1.29, 1.82) is 0 Å². The van der Waals surface area contributed by atoms with Gasteiger partial charge >= 0.3 is 0 Å². The van der Waals surface area contributed by atoms with E-state index >= 15 is 0 Å². The Morgan fingerprint density at radius 3 is 2.82 bits per heavy atom. The van der Waals surface area contributed by atoms with E-state index in [2.05, 4.69) is 18.0 Å². The number of nitrogens with zero attached hydrogens (tertiary/aromatic N) is 1. The van der Waals surface area contributed by atoms with Crippen molar-refractivity contribution in [2.24, 2.45) is 5.92 Å². The van der Waals surface area contributed by atoms with Crippen LogP contribution in [0.4, 0.5) is 0 Å². The number of carbonyl (C=O) groups is 1. The first-order valence-electron chi connectivity index (χ1n) is 7.85. The molecule has 2 heterocycles. The summed E-state index contributed by atoms with van der Waals surface area (Å²) in [7, 11) is 0. The molecule has 2 saturated carbocycles. The molecular formula is C17H19ClN2O2. The van der Waals surface area contributed by atoms with Gasteiger partial charge in [-0.2, -0.15) is 0 Å². The minimum atomic E-state index is -0.00728. The molecule has 2 fully saturated rings. The molecule has 0 radical (unpaired) electrons. The maximum Gasteiger partial charge on any atom is 0.270 e. The van der Waals surface area contributed by atoms with Crippen LogP contribution in [0.25, 0.3) is 0 Å². The van der Waals surface area contributed by atoms with Crippen LogP contribution in [0.1, 0.15) is 54.1 Å². The quantitative estimate of drug-likeness (QED) is 0.898. The number of amides is 1. The Hall–Kier alpha value is -1.68. The largest absolute Gasteiger partial charge is 0.464 e. The first kappa shape index (κ1) is 13.9. The van der Waals surface area contributed by atoms with E-state index < -0.39 is 0 Å². The van der Waals surface area contributed by atoms with Crippen molar-refractivity contribution >= 4 is 17.5 Å². The third-order valence-electron chi connectivity index (χ3n) is 4.61. The molecule has 2 aromatic heterocycles. The summed E-state index contributed by atoms with van der Waals surface area (Å²) in [4.78, 5) is 17.5. The van der Waals surface area contributed by atoms with Gasteiger partial charge in [0.2, 0.25) is 0 Å². The van der Waals surface area contributed by atoms with Crippen molar-refractivity contribution in [2.75, 3.05) is 0 Å². The molecule has 2 atom stereocenters. The molecule has 0 spiro atoms. The second kappa shape index (κ2) is 5.20. The van der Waals surface area contributed by atoms with Gasteiger partial charge in [-0.1, -0.05) is 18.5 Å². The Morgan fingerprint density at radius 2 is 2.23 bits per heavy atom. The molecule has 1 amide bonds. The third-order valence-corrected chi connectivity index (χ3v) is 4.83. The smallest absolute Gasteiger partial charge is 0.270 e. The number of halogens is 1. The number of hydrogen-bond acceptors (Lipinski definition) is 2. The van der Waals surface area contributed by atoms with Gasteiger partial charge < -0.3 is 14.3 Å². The van der Waals surface area contributed by atoms with Gasteiger partial charge in [-0.25, -0.2) is 0 Å².